The molecule has 5 nitrogen and oxygen atoms in total. The fourth-order valence-electron chi connectivity index (χ4n) is 2.20. The van der Waals surface area contributed by atoms with Gasteiger partial charge in [0.2, 0.25) is 5.91 Å². The maximum atomic E-state index is 12.4. The molecule has 1 atom stereocenters. The number of fused-ring (bicyclic) bond motifs is 1. The Morgan fingerprint density at radius 2 is 2.12 bits per heavy atom. The molecule has 0 saturated carbocycles. The van der Waals surface area contributed by atoms with E-state index in [1.54, 1.807) is 32.2 Å². The highest BCUT2D eigenvalue weighted by Crippen LogP contribution is 2.31. The number of anilines is 1. The number of carbonyl (C=O) groups excluding carboxylic acids is 1. The molecule has 1 unspecified atom stereocenters. The van der Waals surface area contributed by atoms with Gasteiger partial charge in [0.25, 0.3) is 0 Å². The number of thioether (sulfide) groups is 1. The summed E-state index contributed by atoms with van der Waals surface area (Å²) in [6, 6.07) is 10.7. The van der Waals surface area contributed by atoms with E-state index in [1.807, 2.05) is 18.2 Å². The van der Waals surface area contributed by atoms with Gasteiger partial charge in [-0.2, -0.15) is 0 Å². The van der Waals surface area contributed by atoms with E-state index >= 15 is 0 Å². The molecule has 130 valence electrons. The van der Waals surface area contributed by atoms with E-state index in [-0.39, 0.29) is 11.2 Å². The number of aromatic amines is 1. The third-order valence-corrected chi connectivity index (χ3v) is 5.34. The molecule has 3 aromatic rings. The molecule has 0 aliphatic rings. The van der Waals surface area contributed by atoms with Crippen LogP contribution in [0.15, 0.2) is 41.6 Å². The number of benzene rings is 2. The summed E-state index contributed by atoms with van der Waals surface area (Å²) in [5.41, 5.74) is 2.15. The van der Waals surface area contributed by atoms with Gasteiger partial charge in [0, 0.05) is 6.07 Å². The first-order valence-corrected chi connectivity index (χ1v) is 9.07. The second-order valence-electron chi connectivity index (χ2n) is 5.28. The van der Waals surface area contributed by atoms with Crippen LogP contribution in [0.1, 0.15) is 6.92 Å². The van der Waals surface area contributed by atoms with Gasteiger partial charge < -0.3 is 15.0 Å². The Bertz CT molecular complexity index is 929. The molecule has 2 N–H and O–H groups in total. The van der Waals surface area contributed by atoms with Crippen LogP contribution in [0.5, 0.6) is 5.75 Å². The summed E-state index contributed by atoms with van der Waals surface area (Å²) < 4.78 is 5.20. The van der Waals surface area contributed by atoms with Gasteiger partial charge >= 0.3 is 0 Å². The summed E-state index contributed by atoms with van der Waals surface area (Å²) in [7, 11) is 1.61. The van der Waals surface area contributed by atoms with Crippen molar-refractivity contribution in [1.82, 2.24) is 9.97 Å². The largest absolute Gasteiger partial charge is 0.497 e. The predicted octanol–water partition coefficient (Wildman–Crippen LogP) is 5.00. The number of carbonyl (C=O) groups is 1. The Labute approximate surface area is 159 Å². The third-order valence-electron chi connectivity index (χ3n) is 3.53. The standard InChI is InChI=1S/C17H15Cl2N3O2S/c1-9(16(23)20-13-5-3-4-11(18)15(13)19)25-17-21-12-7-6-10(24-2)8-14(12)22-17/h3-9H,1-2H3,(H,20,23)(H,21,22). The second-order valence-corrected chi connectivity index (χ2v) is 7.39. The zero-order chi connectivity index (χ0) is 18.0. The zero-order valence-electron chi connectivity index (χ0n) is 13.5. The maximum Gasteiger partial charge on any atom is 0.237 e. The van der Waals surface area contributed by atoms with Crippen LogP contribution in [-0.4, -0.2) is 28.2 Å². The molecule has 8 heteroatoms. The van der Waals surface area contributed by atoms with Crippen molar-refractivity contribution in [3.8, 4) is 5.75 Å². The molecule has 0 fully saturated rings. The minimum Gasteiger partial charge on any atom is -0.497 e. The molecule has 1 heterocycles. The molecule has 0 bridgehead atoms. The van der Waals surface area contributed by atoms with Crippen LogP contribution < -0.4 is 10.1 Å². The fraction of sp³-hybridized carbons (Fsp3) is 0.176. The number of rotatable bonds is 5. The van der Waals surface area contributed by atoms with Crippen LogP contribution >= 0.6 is 35.0 Å². The third kappa shape index (κ3) is 4.03. The lowest BCUT2D eigenvalue weighted by molar-refractivity contribution is -0.115. The van der Waals surface area contributed by atoms with Gasteiger partial charge in [-0.25, -0.2) is 4.98 Å². The zero-order valence-corrected chi connectivity index (χ0v) is 15.8. The Hall–Kier alpha value is -1.89. The highest BCUT2D eigenvalue weighted by Gasteiger charge is 2.18. The van der Waals surface area contributed by atoms with E-state index in [9.17, 15) is 4.79 Å². The maximum absolute atomic E-state index is 12.4. The van der Waals surface area contributed by atoms with E-state index in [2.05, 4.69) is 15.3 Å². The Kier molecular flexibility index (Phi) is 5.42. The summed E-state index contributed by atoms with van der Waals surface area (Å²) in [5, 5.41) is 3.78. The van der Waals surface area contributed by atoms with E-state index in [4.69, 9.17) is 27.9 Å². The first kappa shape index (κ1) is 17.9. The lowest BCUT2D eigenvalue weighted by atomic mass is 10.3. The number of methoxy groups -OCH3 is 1. The molecule has 0 aliphatic carbocycles. The number of H-pyrrole nitrogens is 1. The Morgan fingerprint density at radius 3 is 2.88 bits per heavy atom. The monoisotopic (exact) mass is 395 g/mol. The predicted molar refractivity (Wildman–Crippen MR) is 103 cm³/mol. The molecule has 25 heavy (non-hydrogen) atoms. The van der Waals surface area contributed by atoms with Crippen LogP contribution in [-0.2, 0) is 4.79 Å². The van der Waals surface area contributed by atoms with Crippen molar-refractivity contribution in [3.05, 3.63) is 46.4 Å². The number of nitrogens with one attached hydrogen (secondary N) is 2. The number of amides is 1. The number of hydrogen-bond acceptors (Lipinski definition) is 4. The van der Waals surface area contributed by atoms with Crippen LogP contribution in [0.2, 0.25) is 10.0 Å². The fourth-order valence-corrected chi connectivity index (χ4v) is 3.37. The number of halogens is 2. The summed E-state index contributed by atoms with van der Waals surface area (Å²) in [5.74, 6) is 0.557. The first-order chi connectivity index (χ1) is 12.0. The molecule has 0 saturated heterocycles. The van der Waals surface area contributed by atoms with Crippen molar-refractivity contribution in [3.63, 3.8) is 0 Å². The first-order valence-electron chi connectivity index (χ1n) is 7.43. The lowest BCUT2D eigenvalue weighted by Gasteiger charge is -2.12. The van der Waals surface area contributed by atoms with Gasteiger partial charge in [-0.3, -0.25) is 4.79 Å². The minimum absolute atomic E-state index is 0.188. The Balaban J connectivity index is 1.71. The quantitative estimate of drug-likeness (QED) is 0.596. The summed E-state index contributed by atoms with van der Waals surface area (Å²) in [6.45, 7) is 1.80. The van der Waals surface area contributed by atoms with Crippen LogP contribution in [0.3, 0.4) is 0 Å². The number of ether oxygens (including phenoxy) is 1. The molecule has 1 amide bonds. The highest BCUT2D eigenvalue weighted by atomic mass is 35.5. The highest BCUT2D eigenvalue weighted by molar-refractivity contribution is 8.00. The molecular weight excluding hydrogens is 381 g/mol. The number of hydrogen-bond donors (Lipinski definition) is 2. The average Bonchev–Trinajstić information content (AvgIpc) is 2.99. The number of aromatic nitrogens is 2. The number of imidazole rings is 1. The van der Waals surface area contributed by atoms with Crippen LogP contribution in [0.4, 0.5) is 5.69 Å². The van der Waals surface area contributed by atoms with E-state index in [0.717, 1.165) is 16.8 Å². The van der Waals surface area contributed by atoms with Crippen LogP contribution in [0, 0.1) is 0 Å². The molecule has 0 radical (unpaired) electrons. The van der Waals surface area contributed by atoms with Gasteiger partial charge in [0.15, 0.2) is 5.16 Å². The average molecular weight is 396 g/mol. The van der Waals surface area contributed by atoms with E-state index in [1.165, 1.54) is 11.8 Å². The van der Waals surface area contributed by atoms with Crippen molar-refractivity contribution < 1.29 is 9.53 Å². The molecular formula is C17H15Cl2N3O2S. The second kappa shape index (κ2) is 7.56. The van der Waals surface area contributed by atoms with Crippen molar-refractivity contribution in [1.29, 1.82) is 0 Å². The minimum atomic E-state index is -0.377. The summed E-state index contributed by atoms with van der Waals surface area (Å²) in [4.78, 5) is 20.1. The number of nitrogens with zero attached hydrogens (tertiary/aromatic N) is 1. The van der Waals surface area contributed by atoms with Gasteiger partial charge in [-0.05, 0) is 31.2 Å². The van der Waals surface area contributed by atoms with Gasteiger partial charge in [0.05, 0.1) is 39.1 Å². The molecule has 2 aromatic carbocycles. The topological polar surface area (TPSA) is 67.0 Å². The van der Waals surface area contributed by atoms with Crippen molar-refractivity contribution >= 4 is 57.6 Å². The van der Waals surface area contributed by atoms with Crippen molar-refractivity contribution in [2.24, 2.45) is 0 Å². The molecule has 0 aliphatic heterocycles. The Morgan fingerprint density at radius 1 is 1.32 bits per heavy atom. The normalized spacial score (nSPS) is 12.2. The van der Waals surface area contributed by atoms with E-state index < -0.39 is 0 Å². The van der Waals surface area contributed by atoms with Crippen LogP contribution in [0.25, 0.3) is 11.0 Å². The van der Waals surface area contributed by atoms with E-state index in [0.29, 0.717) is 20.9 Å². The lowest BCUT2D eigenvalue weighted by Crippen LogP contribution is -2.22. The van der Waals surface area contributed by atoms with Crippen molar-refractivity contribution in [2.45, 2.75) is 17.3 Å². The van der Waals surface area contributed by atoms with Gasteiger partial charge in [-0.1, -0.05) is 41.0 Å². The molecule has 1 aromatic heterocycles. The molecule has 0 spiro atoms. The summed E-state index contributed by atoms with van der Waals surface area (Å²) >= 11 is 13.4. The van der Waals surface area contributed by atoms with Gasteiger partial charge in [0.1, 0.15) is 5.75 Å². The van der Waals surface area contributed by atoms with Crippen molar-refractivity contribution in [2.75, 3.05) is 12.4 Å². The summed E-state index contributed by atoms with van der Waals surface area (Å²) in [6.07, 6.45) is 0. The SMILES string of the molecule is COc1ccc2nc(SC(C)C(=O)Nc3cccc(Cl)c3Cl)[nH]c2c1. The van der Waals surface area contributed by atoms with Gasteiger partial charge in [-0.15, -0.1) is 0 Å². The smallest absolute Gasteiger partial charge is 0.237 e. The molecule has 3 rings (SSSR count).